The Morgan fingerprint density at radius 1 is 1.43 bits per heavy atom. The van der Waals surface area contributed by atoms with Crippen LogP contribution in [0.25, 0.3) is 0 Å². The van der Waals surface area contributed by atoms with E-state index >= 15 is 0 Å². The second-order valence-corrected chi connectivity index (χ2v) is 3.94. The van der Waals surface area contributed by atoms with Crippen LogP contribution < -0.4 is 0 Å². The summed E-state index contributed by atoms with van der Waals surface area (Å²) in [5.74, 6) is 6.11. The van der Waals surface area contributed by atoms with Gasteiger partial charge in [0.25, 0.3) is 0 Å². The van der Waals surface area contributed by atoms with E-state index in [2.05, 4.69) is 25.7 Å². The molecule has 0 amide bonds. The molecule has 0 aliphatic carbocycles. The van der Waals surface area contributed by atoms with E-state index < -0.39 is 5.82 Å². The van der Waals surface area contributed by atoms with E-state index in [0.29, 0.717) is 5.92 Å². The summed E-state index contributed by atoms with van der Waals surface area (Å²) in [6, 6.07) is 4.51. The van der Waals surface area contributed by atoms with Crippen molar-refractivity contribution in [2.75, 3.05) is 0 Å². The van der Waals surface area contributed by atoms with Crippen molar-refractivity contribution in [2.45, 2.75) is 20.3 Å². The molecule has 0 saturated heterocycles. The van der Waals surface area contributed by atoms with Crippen LogP contribution >= 0.6 is 11.6 Å². The summed E-state index contributed by atoms with van der Waals surface area (Å²) in [7, 11) is 0. The standard InChI is InChI=1S/C12H12ClF/c1-9(2)4-3-5-10-6-7-12(14)11(13)8-10/h6-9H,4H2,1-2H3. The molecule has 1 aromatic carbocycles. The Balaban J connectivity index is 2.76. The Kier molecular flexibility index (Phi) is 3.98. The van der Waals surface area contributed by atoms with E-state index in [1.165, 1.54) is 6.07 Å². The van der Waals surface area contributed by atoms with Crippen molar-refractivity contribution in [3.8, 4) is 11.8 Å². The first-order chi connectivity index (χ1) is 6.59. The maximum Gasteiger partial charge on any atom is 0.141 e. The van der Waals surface area contributed by atoms with Gasteiger partial charge in [-0.05, 0) is 24.1 Å². The summed E-state index contributed by atoms with van der Waals surface area (Å²) < 4.78 is 12.8. The molecule has 0 aromatic heterocycles. The molecule has 0 atom stereocenters. The van der Waals surface area contributed by atoms with Gasteiger partial charge in [-0.2, -0.15) is 0 Å². The van der Waals surface area contributed by atoms with E-state index in [0.717, 1.165) is 12.0 Å². The van der Waals surface area contributed by atoms with Crippen LogP contribution in [0.2, 0.25) is 5.02 Å². The number of benzene rings is 1. The Morgan fingerprint density at radius 3 is 2.71 bits per heavy atom. The molecule has 0 fully saturated rings. The van der Waals surface area contributed by atoms with Crippen molar-refractivity contribution in [1.29, 1.82) is 0 Å². The molecule has 0 saturated carbocycles. The molecule has 0 aliphatic heterocycles. The van der Waals surface area contributed by atoms with Crippen LogP contribution in [0.5, 0.6) is 0 Å². The molecule has 74 valence electrons. The molecule has 0 aliphatic rings. The van der Waals surface area contributed by atoms with Crippen molar-refractivity contribution in [1.82, 2.24) is 0 Å². The van der Waals surface area contributed by atoms with Gasteiger partial charge in [-0.3, -0.25) is 0 Å². The lowest BCUT2D eigenvalue weighted by Crippen LogP contribution is -1.83. The number of hydrogen-bond acceptors (Lipinski definition) is 0. The summed E-state index contributed by atoms with van der Waals surface area (Å²) in [5.41, 5.74) is 0.761. The van der Waals surface area contributed by atoms with Gasteiger partial charge in [-0.1, -0.05) is 37.3 Å². The van der Waals surface area contributed by atoms with E-state index in [4.69, 9.17) is 11.6 Å². The van der Waals surface area contributed by atoms with Gasteiger partial charge in [-0.15, -0.1) is 0 Å². The third-order valence-corrected chi connectivity index (χ3v) is 1.95. The third kappa shape index (κ3) is 3.40. The molecule has 1 aromatic rings. The van der Waals surface area contributed by atoms with Crippen LogP contribution in [0.4, 0.5) is 4.39 Å². The van der Waals surface area contributed by atoms with Crippen molar-refractivity contribution in [2.24, 2.45) is 5.92 Å². The second kappa shape index (κ2) is 5.02. The highest BCUT2D eigenvalue weighted by atomic mass is 35.5. The van der Waals surface area contributed by atoms with Crippen molar-refractivity contribution < 1.29 is 4.39 Å². The monoisotopic (exact) mass is 210 g/mol. The zero-order valence-corrected chi connectivity index (χ0v) is 9.03. The largest absolute Gasteiger partial charge is 0.205 e. The summed E-state index contributed by atoms with van der Waals surface area (Å²) >= 11 is 5.61. The van der Waals surface area contributed by atoms with Gasteiger partial charge in [0.05, 0.1) is 5.02 Å². The summed E-state index contributed by atoms with van der Waals surface area (Å²) in [5, 5.41) is 0.126. The second-order valence-electron chi connectivity index (χ2n) is 3.53. The molecule has 0 nitrogen and oxygen atoms in total. The van der Waals surface area contributed by atoms with Crippen LogP contribution in [0.1, 0.15) is 25.8 Å². The molecular weight excluding hydrogens is 199 g/mol. The molecule has 14 heavy (non-hydrogen) atoms. The van der Waals surface area contributed by atoms with Crippen LogP contribution in [0.15, 0.2) is 18.2 Å². The lowest BCUT2D eigenvalue weighted by molar-refractivity contribution is 0.628. The van der Waals surface area contributed by atoms with Gasteiger partial charge < -0.3 is 0 Å². The van der Waals surface area contributed by atoms with E-state index in [1.807, 2.05) is 0 Å². The minimum Gasteiger partial charge on any atom is -0.205 e. The van der Waals surface area contributed by atoms with Crippen LogP contribution in [-0.2, 0) is 0 Å². The molecule has 2 heteroatoms. The molecular formula is C12H12ClF. The Hall–Kier alpha value is -1.00. The van der Waals surface area contributed by atoms with Gasteiger partial charge in [0.2, 0.25) is 0 Å². The van der Waals surface area contributed by atoms with Gasteiger partial charge in [-0.25, -0.2) is 4.39 Å². The summed E-state index contributed by atoms with van der Waals surface area (Å²) in [4.78, 5) is 0. The Morgan fingerprint density at radius 2 is 2.14 bits per heavy atom. The van der Waals surface area contributed by atoms with Gasteiger partial charge in [0.15, 0.2) is 0 Å². The number of hydrogen-bond donors (Lipinski definition) is 0. The maximum atomic E-state index is 12.8. The predicted molar refractivity (Wildman–Crippen MR) is 57.7 cm³/mol. The highest BCUT2D eigenvalue weighted by Crippen LogP contribution is 2.15. The van der Waals surface area contributed by atoms with E-state index in [-0.39, 0.29) is 5.02 Å². The van der Waals surface area contributed by atoms with E-state index in [1.54, 1.807) is 12.1 Å². The average molecular weight is 211 g/mol. The first kappa shape index (κ1) is 11.1. The molecule has 0 bridgehead atoms. The molecule has 0 heterocycles. The highest BCUT2D eigenvalue weighted by molar-refractivity contribution is 6.30. The number of halogens is 2. The lowest BCUT2D eigenvalue weighted by Gasteiger charge is -1.95. The SMILES string of the molecule is CC(C)CC#Cc1ccc(F)c(Cl)c1. The fourth-order valence-electron chi connectivity index (χ4n) is 0.931. The fraction of sp³-hybridized carbons (Fsp3) is 0.333. The molecule has 0 spiro atoms. The first-order valence-corrected chi connectivity index (χ1v) is 4.91. The predicted octanol–water partition coefficient (Wildman–Crippen LogP) is 3.88. The van der Waals surface area contributed by atoms with Crippen LogP contribution in [0.3, 0.4) is 0 Å². The smallest absolute Gasteiger partial charge is 0.141 e. The highest BCUT2D eigenvalue weighted by Gasteiger charge is 1.97. The zero-order chi connectivity index (χ0) is 10.6. The number of rotatable bonds is 1. The topological polar surface area (TPSA) is 0 Å². The van der Waals surface area contributed by atoms with E-state index in [9.17, 15) is 4.39 Å². The van der Waals surface area contributed by atoms with Gasteiger partial charge in [0.1, 0.15) is 5.82 Å². The zero-order valence-electron chi connectivity index (χ0n) is 8.27. The third-order valence-electron chi connectivity index (χ3n) is 1.66. The maximum absolute atomic E-state index is 12.8. The first-order valence-electron chi connectivity index (χ1n) is 4.53. The Bertz CT molecular complexity index is 372. The quantitative estimate of drug-likeness (QED) is 0.618. The summed E-state index contributed by atoms with van der Waals surface area (Å²) in [6.45, 7) is 4.21. The van der Waals surface area contributed by atoms with Crippen molar-refractivity contribution in [3.05, 3.63) is 34.6 Å². The summed E-state index contributed by atoms with van der Waals surface area (Å²) in [6.07, 6.45) is 0.842. The van der Waals surface area contributed by atoms with Crippen LogP contribution in [-0.4, -0.2) is 0 Å². The minimum atomic E-state index is -0.402. The molecule has 1 rings (SSSR count). The van der Waals surface area contributed by atoms with Gasteiger partial charge >= 0.3 is 0 Å². The molecule has 0 unspecified atom stereocenters. The van der Waals surface area contributed by atoms with Crippen molar-refractivity contribution in [3.63, 3.8) is 0 Å². The van der Waals surface area contributed by atoms with Crippen molar-refractivity contribution >= 4 is 11.6 Å². The Labute approximate surface area is 89.1 Å². The minimum absolute atomic E-state index is 0.126. The van der Waals surface area contributed by atoms with Crippen LogP contribution in [0, 0.1) is 23.6 Å². The lowest BCUT2D eigenvalue weighted by atomic mass is 10.1. The normalized spacial score (nSPS) is 9.79. The fourth-order valence-corrected chi connectivity index (χ4v) is 1.11. The van der Waals surface area contributed by atoms with Gasteiger partial charge in [0, 0.05) is 12.0 Å². The molecule has 0 N–H and O–H groups in total. The molecule has 0 radical (unpaired) electrons. The average Bonchev–Trinajstić information content (AvgIpc) is 2.10.